The molecule has 0 saturated heterocycles. The molecule has 0 bridgehead atoms. The molecule has 0 aliphatic carbocycles. The Morgan fingerprint density at radius 3 is 0.915 bits per heavy atom. The van der Waals surface area contributed by atoms with Gasteiger partial charge in [0.2, 0.25) is 0 Å². The van der Waals surface area contributed by atoms with Crippen LogP contribution in [0.4, 0.5) is 0 Å². The lowest BCUT2D eigenvalue weighted by atomic mass is 10.0. The van der Waals surface area contributed by atoms with Gasteiger partial charge in [0.1, 0.15) is 6.54 Å². The molecule has 0 aliphatic heterocycles. The minimum Gasteiger partial charge on any atom is -0.322 e. The molecule has 1 aromatic rings. The molecule has 1 nitrogen and oxygen atoms in total. The van der Waals surface area contributed by atoms with E-state index in [9.17, 15) is 0 Å². The quantitative estimate of drug-likeness (QED) is 0.0495. The van der Waals surface area contributed by atoms with Crippen molar-refractivity contribution in [1.82, 2.24) is 0 Å². The number of rotatable bonds is 37. The molecule has 1 heteroatoms. The summed E-state index contributed by atoms with van der Waals surface area (Å²) in [6.45, 7) is 12.4. The van der Waals surface area contributed by atoms with Crippen LogP contribution in [0.15, 0.2) is 30.8 Å². The molecule has 0 spiro atoms. The van der Waals surface area contributed by atoms with Crippen LogP contribution in [0.5, 0.6) is 0 Å². The number of benzene rings is 1. The highest BCUT2D eigenvalue weighted by Gasteiger charge is 2.21. The second kappa shape index (κ2) is 33.4. The zero-order valence-electron chi connectivity index (χ0n) is 32.8. The van der Waals surface area contributed by atoms with Crippen molar-refractivity contribution in [3.05, 3.63) is 42.0 Å². The predicted octanol–water partition coefficient (Wildman–Crippen LogP) is 15.8. The van der Waals surface area contributed by atoms with E-state index in [4.69, 9.17) is 0 Å². The molecule has 0 saturated carbocycles. The fourth-order valence-electron chi connectivity index (χ4n) is 7.55. The maximum Gasteiger partial charge on any atom is 0.104 e. The molecule has 0 heterocycles. The molecule has 0 N–H and O–H groups in total. The SMILES string of the molecule is C=Cc1ccc(C[N+](C)(CCCCCCCCCCCCCCCCCC)CCCCCCCCCCCCCCCCCC)cc1. The second-order valence-corrected chi connectivity index (χ2v) is 15.8. The normalized spacial score (nSPS) is 11.8. The summed E-state index contributed by atoms with van der Waals surface area (Å²) >= 11 is 0. The molecule has 47 heavy (non-hydrogen) atoms. The maximum atomic E-state index is 3.94. The third-order valence-corrected chi connectivity index (χ3v) is 10.9. The van der Waals surface area contributed by atoms with Crippen LogP contribution in [0.3, 0.4) is 0 Å². The first-order valence-electron chi connectivity index (χ1n) is 21.7. The van der Waals surface area contributed by atoms with Crippen molar-refractivity contribution in [3.8, 4) is 0 Å². The number of unbranched alkanes of at least 4 members (excludes halogenated alkanes) is 30. The average Bonchev–Trinajstić information content (AvgIpc) is 3.08. The van der Waals surface area contributed by atoms with Crippen molar-refractivity contribution in [2.45, 2.75) is 226 Å². The third kappa shape index (κ3) is 28.5. The van der Waals surface area contributed by atoms with E-state index in [2.05, 4.69) is 51.7 Å². The first-order chi connectivity index (χ1) is 23.1. The van der Waals surface area contributed by atoms with Gasteiger partial charge in [-0.3, -0.25) is 0 Å². The standard InChI is InChI=1S/C46H86N/c1-5-8-10-12-14-16-18-20-22-24-26-28-30-32-34-36-42-47(4,44-46-40-38-45(7-3)39-41-46)43-37-35-33-31-29-27-25-23-21-19-17-15-13-11-9-6-2/h7,38-41H,3,5-6,8-37,42-44H2,1-2,4H3/q+1. The summed E-state index contributed by atoms with van der Waals surface area (Å²) < 4.78 is 1.21. The summed E-state index contributed by atoms with van der Waals surface area (Å²) in [7, 11) is 2.54. The fourth-order valence-corrected chi connectivity index (χ4v) is 7.55. The maximum absolute atomic E-state index is 3.94. The van der Waals surface area contributed by atoms with Gasteiger partial charge < -0.3 is 4.48 Å². The molecule has 1 rings (SSSR count). The molecule has 0 unspecified atom stereocenters. The topological polar surface area (TPSA) is 0 Å². The highest BCUT2D eigenvalue weighted by Crippen LogP contribution is 2.20. The van der Waals surface area contributed by atoms with Crippen molar-refractivity contribution in [2.24, 2.45) is 0 Å². The largest absolute Gasteiger partial charge is 0.322 e. The van der Waals surface area contributed by atoms with Gasteiger partial charge in [0, 0.05) is 5.56 Å². The molecule has 0 atom stereocenters. The summed E-state index contributed by atoms with van der Waals surface area (Å²) in [4.78, 5) is 0. The van der Waals surface area contributed by atoms with Crippen LogP contribution < -0.4 is 0 Å². The Bertz CT molecular complexity index is 728. The van der Waals surface area contributed by atoms with Crippen LogP contribution in [0.1, 0.15) is 230 Å². The van der Waals surface area contributed by atoms with Crippen LogP contribution in [0, 0.1) is 0 Å². The molecule has 0 radical (unpaired) electrons. The molecule has 0 aromatic heterocycles. The Morgan fingerprint density at radius 2 is 0.660 bits per heavy atom. The average molecular weight is 653 g/mol. The van der Waals surface area contributed by atoms with E-state index in [0.29, 0.717) is 0 Å². The fraction of sp³-hybridized carbons (Fsp3) is 0.826. The lowest BCUT2D eigenvalue weighted by Crippen LogP contribution is -2.44. The Balaban J connectivity index is 2.15. The first kappa shape index (κ1) is 43.9. The van der Waals surface area contributed by atoms with E-state index in [1.165, 1.54) is 241 Å². The van der Waals surface area contributed by atoms with Crippen LogP contribution in [0.2, 0.25) is 0 Å². The summed E-state index contributed by atoms with van der Waals surface area (Å²) in [5.41, 5.74) is 2.73. The van der Waals surface area contributed by atoms with Gasteiger partial charge in [-0.05, 0) is 31.2 Å². The van der Waals surface area contributed by atoms with Gasteiger partial charge in [-0.2, -0.15) is 0 Å². The van der Waals surface area contributed by atoms with Gasteiger partial charge in [-0.15, -0.1) is 0 Å². The highest BCUT2D eigenvalue weighted by molar-refractivity contribution is 5.47. The van der Waals surface area contributed by atoms with Crippen molar-refractivity contribution in [3.63, 3.8) is 0 Å². The number of hydrogen-bond donors (Lipinski definition) is 0. The summed E-state index contributed by atoms with van der Waals surface area (Å²) in [5, 5.41) is 0. The highest BCUT2D eigenvalue weighted by atomic mass is 15.3. The minimum absolute atomic E-state index is 1.18. The Kier molecular flexibility index (Phi) is 31.2. The van der Waals surface area contributed by atoms with Gasteiger partial charge in [-0.25, -0.2) is 0 Å². The van der Waals surface area contributed by atoms with Crippen molar-refractivity contribution < 1.29 is 4.48 Å². The Hall–Kier alpha value is -1.08. The summed E-state index contributed by atoms with van der Waals surface area (Å²) in [5.74, 6) is 0. The monoisotopic (exact) mass is 653 g/mol. The summed E-state index contributed by atoms with van der Waals surface area (Å²) in [6, 6.07) is 9.18. The Labute approximate surface area is 297 Å². The van der Waals surface area contributed by atoms with E-state index in [1.807, 2.05) is 6.08 Å². The van der Waals surface area contributed by atoms with Crippen LogP contribution in [0.25, 0.3) is 6.08 Å². The van der Waals surface area contributed by atoms with Crippen LogP contribution >= 0.6 is 0 Å². The predicted molar refractivity (Wildman–Crippen MR) is 215 cm³/mol. The van der Waals surface area contributed by atoms with E-state index >= 15 is 0 Å². The van der Waals surface area contributed by atoms with E-state index < -0.39 is 0 Å². The molecule has 0 aliphatic rings. The van der Waals surface area contributed by atoms with Gasteiger partial charge in [0.05, 0.1) is 20.1 Å². The summed E-state index contributed by atoms with van der Waals surface area (Å²) in [6.07, 6.45) is 48.3. The van der Waals surface area contributed by atoms with Gasteiger partial charge in [0.25, 0.3) is 0 Å². The zero-order chi connectivity index (χ0) is 33.9. The van der Waals surface area contributed by atoms with Crippen molar-refractivity contribution in [1.29, 1.82) is 0 Å². The van der Waals surface area contributed by atoms with Crippen LogP contribution in [-0.2, 0) is 6.54 Å². The number of hydrogen-bond acceptors (Lipinski definition) is 0. The van der Waals surface area contributed by atoms with Gasteiger partial charge in [-0.1, -0.05) is 231 Å². The molecule has 0 amide bonds. The number of nitrogens with zero attached hydrogens (tertiary/aromatic N) is 1. The molecule has 1 aromatic carbocycles. The lowest BCUT2D eigenvalue weighted by Gasteiger charge is -2.35. The van der Waals surface area contributed by atoms with Gasteiger partial charge in [0.15, 0.2) is 0 Å². The molecule has 0 fully saturated rings. The second-order valence-electron chi connectivity index (χ2n) is 15.8. The van der Waals surface area contributed by atoms with Gasteiger partial charge >= 0.3 is 0 Å². The minimum atomic E-state index is 1.18. The number of quaternary nitrogens is 1. The van der Waals surface area contributed by atoms with Crippen LogP contribution in [-0.4, -0.2) is 24.6 Å². The first-order valence-corrected chi connectivity index (χ1v) is 21.7. The smallest absolute Gasteiger partial charge is 0.104 e. The van der Waals surface area contributed by atoms with Crippen molar-refractivity contribution >= 4 is 6.08 Å². The zero-order valence-corrected chi connectivity index (χ0v) is 32.8. The van der Waals surface area contributed by atoms with E-state index in [-0.39, 0.29) is 0 Å². The molecular weight excluding hydrogens is 567 g/mol. The van der Waals surface area contributed by atoms with E-state index in [1.54, 1.807) is 0 Å². The third-order valence-electron chi connectivity index (χ3n) is 10.9. The molecule has 274 valence electrons. The van der Waals surface area contributed by atoms with Crippen molar-refractivity contribution in [2.75, 3.05) is 20.1 Å². The lowest BCUT2D eigenvalue weighted by molar-refractivity contribution is -0.923. The Morgan fingerprint density at radius 1 is 0.404 bits per heavy atom. The van der Waals surface area contributed by atoms with E-state index in [0.717, 1.165) is 0 Å². The molecular formula is C46H86N+.